The van der Waals surface area contributed by atoms with Crippen molar-refractivity contribution in [2.45, 2.75) is 31.8 Å². The molecule has 154 valence electrons. The van der Waals surface area contributed by atoms with Gasteiger partial charge in [-0.25, -0.2) is 4.98 Å². The number of rotatable bonds is 6. The lowest BCUT2D eigenvalue weighted by Gasteiger charge is -2.47. The van der Waals surface area contributed by atoms with Crippen molar-refractivity contribution in [3.63, 3.8) is 0 Å². The highest BCUT2D eigenvalue weighted by atomic mass is 35.5. The molecule has 1 aromatic rings. The van der Waals surface area contributed by atoms with Gasteiger partial charge < -0.3 is 15.1 Å². The Kier molecular flexibility index (Phi) is 9.81. The highest BCUT2D eigenvalue weighted by Gasteiger charge is 2.38. The van der Waals surface area contributed by atoms with Crippen LogP contribution in [-0.2, 0) is 11.3 Å². The Balaban J connectivity index is 0.00000182. The van der Waals surface area contributed by atoms with Crippen molar-refractivity contribution in [1.82, 2.24) is 20.1 Å². The van der Waals surface area contributed by atoms with Gasteiger partial charge in [-0.15, -0.1) is 24.8 Å². The Morgan fingerprint density at radius 2 is 2.04 bits per heavy atom. The highest BCUT2D eigenvalue weighted by Crippen LogP contribution is 2.31. The third-order valence-corrected chi connectivity index (χ3v) is 5.50. The summed E-state index contributed by atoms with van der Waals surface area (Å²) in [5.41, 5.74) is 1.27. The van der Waals surface area contributed by atoms with Crippen LogP contribution in [0.2, 0.25) is 0 Å². The summed E-state index contributed by atoms with van der Waals surface area (Å²) in [5.74, 6) is 1.94. The van der Waals surface area contributed by atoms with E-state index in [4.69, 9.17) is 0 Å². The summed E-state index contributed by atoms with van der Waals surface area (Å²) in [6.45, 7) is 4.81. The van der Waals surface area contributed by atoms with Crippen molar-refractivity contribution in [2.24, 2.45) is 5.92 Å². The van der Waals surface area contributed by atoms with Gasteiger partial charge in [0.2, 0.25) is 5.91 Å². The topological polar surface area (TPSA) is 51.7 Å². The SMILES string of the molecule is CNCCN1C(=O)CC[C@H]2CN(Cc3ccc(N(C)C)nc3)CC[C@H]21.Cl.Cl. The summed E-state index contributed by atoms with van der Waals surface area (Å²) in [7, 11) is 5.97. The fourth-order valence-electron chi connectivity index (χ4n) is 4.13. The summed E-state index contributed by atoms with van der Waals surface area (Å²) in [6.07, 6.45) is 4.82. The van der Waals surface area contributed by atoms with E-state index in [0.29, 0.717) is 24.3 Å². The number of anilines is 1. The van der Waals surface area contributed by atoms with Crippen molar-refractivity contribution >= 4 is 36.5 Å². The minimum absolute atomic E-state index is 0. The standard InChI is InChI=1S/C19H31N5O.2ClH/c1-20-9-11-24-17-8-10-23(14-16(17)5-7-19(24)25)13-15-4-6-18(21-12-15)22(2)3;;/h4,6,12,16-17,20H,5,7-11,13-14H2,1-3H3;2*1H/t16-,17+;;/m0../s1. The summed E-state index contributed by atoms with van der Waals surface area (Å²) < 4.78 is 0. The number of likely N-dealkylation sites (tertiary alicyclic amines) is 2. The number of aromatic nitrogens is 1. The smallest absolute Gasteiger partial charge is 0.222 e. The van der Waals surface area contributed by atoms with Crippen LogP contribution in [-0.4, -0.2) is 74.1 Å². The van der Waals surface area contributed by atoms with E-state index in [2.05, 4.69) is 32.2 Å². The molecule has 8 heteroatoms. The maximum Gasteiger partial charge on any atom is 0.222 e. The Morgan fingerprint density at radius 1 is 1.26 bits per heavy atom. The monoisotopic (exact) mass is 417 g/mol. The largest absolute Gasteiger partial charge is 0.363 e. The minimum atomic E-state index is 0. The number of halogens is 2. The molecule has 2 atom stereocenters. The zero-order valence-corrected chi connectivity index (χ0v) is 18.2. The van der Waals surface area contributed by atoms with Gasteiger partial charge in [-0.2, -0.15) is 0 Å². The molecule has 0 aliphatic carbocycles. The number of hydrogen-bond donors (Lipinski definition) is 1. The molecule has 6 nitrogen and oxygen atoms in total. The number of nitrogens with zero attached hydrogens (tertiary/aromatic N) is 4. The van der Waals surface area contributed by atoms with Crippen LogP contribution in [0.25, 0.3) is 0 Å². The number of nitrogens with one attached hydrogen (secondary N) is 1. The van der Waals surface area contributed by atoms with Gasteiger partial charge in [-0.05, 0) is 37.4 Å². The van der Waals surface area contributed by atoms with Gasteiger partial charge in [-0.3, -0.25) is 9.69 Å². The van der Waals surface area contributed by atoms with Gasteiger partial charge in [0, 0.05) is 65.5 Å². The second kappa shape index (κ2) is 11.1. The first-order valence-electron chi connectivity index (χ1n) is 9.37. The average molecular weight is 418 g/mol. The normalized spacial score (nSPS) is 22.5. The molecule has 0 aromatic carbocycles. The first-order valence-corrected chi connectivity index (χ1v) is 9.37. The average Bonchev–Trinajstić information content (AvgIpc) is 2.61. The third kappa shape index (κ3) is 5.95. The van der Waals surface area contributed by atoms with E-state index in [-0.39, 0.29) is 24.8 Å². The van der Waals surface area contributed by atoms with Crippen LogP contribution in [0.3, 0.4) is 0 Å². The first-order chi connectivity index (χ1) is 12.1. The molecule has 27 heavy (non-hydrogen) atoms. The summed E-state index contributed by atoms with van der Waals surface area (Å²) in [5, 5.41) is 3.17. The lowest BCUT2D eigenvalue weighted by molar-refractivity contribution is -0.141. The zero-order chi connectivity index (χ0) is 17.8. The van der Waals surface area contributed by atoms with Gasteiger partial charge >= 0.3 is 0 Å². The number of pyridine rings is 1. The molecule has 3 heterocycles. The Bertz CT molecular complexity index is 584. The molecule has 2 saturated heterocycles. The molecule has 2 fully saturated rings. The van der Waals surface area contributed by atoms with Crippen molar-refractivity contribution < 1.29 is 4.79 Å². The fourth-order valence-corrected chi connectivity index (χ4v) is 4.13. The zero-order valence-electron chi connectivity index (χ0n) is 16.6. The molecule has 0 radical (unpaired) electrons. The predicted molar refractivity (Wildman–Crippen MR) is 115 cm³/mol. The maximum atomic E-state index is 12.3. The van der Waals surface area contributed by atoms with Crippen molar-refractivity contribution in [3.8, 4) is 0 Å². The van der Waals surface area contributed by atoms with Gasteiger partial charge in [0.1, 0.15) is 5.82 Å². The summed E-state index contributed by atoms with van der Waals surface area (Å²) >= 11 is 0. The Labute approximate surface area is 175 Å². The third-order valence-electron chi connectivity index (χ3n) is 5.50. The Hall–Kier alpha value is -1.08. The van der Waals surface area contributed by atoms with E-state index in [1.165, 1.54) is 5.56 Å². The van der Waals surface area contributed by atoms with E-state index in [0.717, 1.165) is 51.4 Å². The van der Waals surface area contributed by atoms with Crippen LogP contribution in [0, 0.1) is 5.92 Å². The number of hydrogen-bond acceptors (Lipinski definition) is 5. The van der Waals surface area contributed by atoms with Crippen LogP contribution < -0.4 is 10.2 Å². The highest BCUT2D eigenvalue weighted by molar-refractivity contribution is 5.85. The number of likely N-dealkylation sites (N-methyl/N-ethyl adjacent to an activating group) is 1. The minimum Gasteiger partial charge on any atom is -0.363 e. The molecule has 0 saturated carbocycles. The van der Waals surface area contributed by atoms with Crippen LogP contribution in [0.5, 0.6) is 0 Å². The van der Waals surface area contributed by atoms with Crippen molar-refractivity contribution in [2.75, 3.05) is 52.2 Å². The number of amides is 1. The van der Waals surface area contributed by atoms with Crippen LogP contribution in [0.1, 0.15) is 24.8 Å². The van der Waals surface area contributed by atoms with E-state index >= 15 is 0 Å². The maximum absolute atomic E-state index is 12.3. The van der Waals surface area contributed by atoms with Gasteiger partial charge in [0.05, 0.1) is 0 Å². The van der Waals surface area contributed by atoms with E-state index in [9.17, 15) is 4.79 Å². The number of carbonyl (C=O) groups excluding carboxylic acids is 1. The van der Waals surface area contributed by atoms with E-state index in [1.54, 1.807) is 0 Å². The molecule has 0 spiro atoms. The molecule has 1 N–H and O–H groups in total. The lowest BCUT2D eigenvalue weighted by Crippen LogP contribution is -2.56. The van der Waals surface area contributed by atoms with Crippen LogP contribution in [0.4, 0.5) is 5.82 Å². The van der Waals surface area contributed by atoms with E-state index < -0.39 is 0 Å². The second-order valence-electron chi connectivity index (χ2n) is 7.50. The summed E-state index contributed by atoms with van der Waals surface area (Å²) in [6, 6.07) is 4.69. The predicted octanol–water partition coefficient (Wildman–Crippen LogP) is 2.02. The second-order valence-corrected chi connectivity index (χ2v) is 7.50. The van der Waals surface area contributed by atoms with Crippen LogP contribution in [0.15, 0.2) is 18.3 Å². The van der Waals surface area contributed by atoms with Gasteiger partial charge in [0.15, 0.2) is 0 Å². The fraction of sp³-hybridized carbons (Fsp3) is 0.684. The molecule has 2 aliphatic rings. The first kappa shape index (κ1) is 24.0. The number of piperidine rings is 2. The van der Waals surface area contributed by atoms with E-state index in [1.807, 2.05) is 32.2 Å². The lowest BCUT2D eigenvalue weighted by atomic mass is 9.83. The molecule has 1 amide bonds. The van der Waals surface area contributed by atoms with Crippen molar-refractivity contribution in [3.05, 3.63) is 23.9 Å². The van der Waals surface area contributed by atoms with Gasteiger partial charge in [0.25, 0.3) is 0 Å². The van der Waals surface area contributed by atoms with Gasteiger partial charge in [-0.1, -0.05) is 6.07 Å². The van der Waals surface area contributed by atoms with Crippen molar-refractivity contribution in [1.29, 1.82) is 0 Å². The number of carbonyl (C=O) groups is 1. The molecule has 1 aromatic heterocycles. The van der Waals surface area contributed by atoms with Crippen LogP contribution >= 0.6 is 24.8 Å². The molecule has 3 rings (SSSR count). The number of fused-ring (bicyclic) bond motifs is 1. The Morgan fingerprint density at radius 3 is 2.67 bits per heavy atom. The quantitative estimate of drug-likeness (QED) is 0.766. The molecule has 0 unspecified atom stereocenters. The molecule has 0 bridgehead atoms. The molecular formula is C19H33Cl2N5O. The molecular weight excluding hydrogens is 385 g/mol. The molecule has 2 aliphatic heterocycles. The summed E-state index contributed by atoms with van der Waals surface area (Å²) in [4.78, 5) is 23.5.